The second-order valence-electron chi connectivity index (χ2n) is 3.33. The molecule has 0 fully saturated rings. The lowest BCUT2D eigenvalue weighted by Crippen LogP contribution is -2.23. The van der Waals surface area contributed by atoms with Crippen LogP contribution in [-0.2, 0) is 0 Å². The van der Waals surface area contributed by atoms with Crippen LogP contribution in [0.4, 0.5) is 5.13 Å². The molecule has 0 aromatic carbocycles. The number of rotatable bonds is 2. The van der Waals surface area contributed by atoms with Crippen molar-refractivity contribution >= 4 is 22.4 Å². The van der Waals surface area contributed by atoms with Crippen LogP contribution in [0.2, 0.25) is 0 Å². The molecule has 2 heterocycles. The molecule has 88 valence electrons. The van der Waals surface area contributed by atoms with Gasteiger partial charge in [-0.1, -0.05) is 0 Å². The van der Waals surface area contributed by atoms with Gasteiger partial charge in [0.25, 0.3) is 11.5 Å². The standard InChI is InChI=1S/C10H9N3O3S/c1-5-4-6(14)7(8(15)12-5)9(16)13-10-11-2-3-17-10/h2-4H,1H3,(H,11,13,16)(H2,12,14,15). The lowest BCUT2D eigenvalue weighted by Gasteiger charge is -2.04. The van der Waals surface area contributed by atoms with Crippen LogP contribution in [0.1, 0.15) is 16.1 Å². The maximum Gasteiger partial charge on any atom is 0.266 e. The number of aromatic nitrogens is 2. The molecular formula is C10H9N3O3S. The molecule has 0 radical (unpaired) electrons. The largest absolute Gasteiger partial charge is 0.507 e. The Bertz CT molecular complexity index is 604. The highest BCUT2D eigenvalue weighted by Gasteiger charge is 2.17. The van der Waals surface area contributed by atoms with Crippen molar-refractivity contribution in [3.63, 3.8) is 0 Å². The van der Waals surface area contributed by atoms with Crippen LogP contribution in [0.5, 0.6) is 5.75 Å². The topological polar surface area (TPSA) is 95.1 Å². The number of nitrogens with zero attached hydrogens (tertiary/aromatic N) is 1. The van der Waals surface area contributed by atoms with Crippen LogP contribution in [-0.4, -0.2) is 21.0 Å². The Morgan fingerprint density at radius 1 is 1.59 bits per heavy atom. The van der Waals surface area contributed by atoms with Crippen LogP contribution >= 0.6 is 11.3 Å². The Labute approximate surface area is 100.0 Å². The summed E-state index contributed by atoms with van der Waals surface area (Å²) in [7, 11) is 0. The normalized spacial score (nSPS) is 10.2. The number of hydrogen-bond donors (Lipinski definition) is 3. The van der Waals surface area contributed by atoms with E-state index in [1.807, 2.05) is 0 Å². The van der Waals surface area contributed by atoms with E-state index in [-0.39, 0.29) is 11.3 Å². The van der Waals surface area contributed by atoms with Gasteiger partial charge in [0.2, 0.25) is 0 Å². The zero-order valence-corrected chi connectivity index (χ0v) is 9.67. The Hall–Kier alpha value is -2.15. The fourth-order valence-corrected chi connectivity index (χ4v) is 1.86. The lowest BCUT2D eigenvalue weighted by molar-refractivity contribution is 0.102. The molecular weight excluding hydrogens is 242 g/mol. The van der Waals surface area contributed by atoms with E-state index in [4.69, 9.17) is 0 Å². The van der Waals surface area contributed by atoms with Gasteiger partial charge in [0.05, 0.1) is 0 Å². The van der Waals surface area contributed by atoms with Crippen LogP contribution < -0.4 is 10.9 Å². The van der Waals surface area contributed by atoms with Gasteiger partial charge in [-0.05, 0) is 13.0 Å². The van der Waals surface area contributed by atoms with E-state index < -0.39 is 11.5 Å². The number of H-pyrrole nitrogens is 1. The fourth-order valence-electron chi connectivity index (χ4n) is 1.34. The van der Waals surface area contributed by atoms with Gasteiger partial charge in [-0.2, -0.15) is 0 Å². The van der Waals surface area contributed by atoms with E-state index >= 15 is 0 Å². The first-order valence-electron chi connectivity index (χ1n) is 4.71. The smallest absolute Gasteiger partial charge is 0.266 e. The van der Waals surface area contributed by atoms with Gasteiger partial charge in [0.15, 0.2) is 5.13 Å². The number of hydrogen-bond acceptors (Lipinski definition) is 5. The van der Waals surface area contributed by atoms with Crippen molar-refractivity contribution in [2.45, 2.75) is 6.92 Å². The molecule has 0 aliphatic rings. The number of aromatic hydroxyl groups is 1. The second-order valence-corrected chi connectivity index (χ2v) is 4.23. The third-order valence-corrected chi connectivity index (χ3v) is 2.72. The van der Waals surface area contributed by atoms with Crippen molar-refractivity contribution in [3.05, 3.63) is 39.3 Å². The van der Waals surface area contributed by atoms with E-state index in [1.54, 1.807) is 12.3 Å². The summed E-state index contributed by atoms with van der Waals surface area (Å²) in [5.41, 5.74) is -0.458. The fraction of sp³-hybridized carbons (Fsp3) is 0.100. The molecule has 0 aliphatic heterocycles. The van der Waals surface area contributed by atoms with E-state index in [1.165, 1.54) is 23.6 Å². The minimum Gasteiger partial charge on any atom is -0.507 e. The third kappa shape index (κ3) is 2.34. The molecule has 0 saturated carbocycles. The second kappa shape index (κ2) is 4.38. The van der Waals surface area contributed by atoms with Crippen LogP contribution in [0, 0.1) is 6.92 Å². The van der Waals surface area contributed by atoms with Crippen molar-refractivity contribution < 1.29 is 9.90 Å². The molecule has 2 rings (SSSR count). The maximum absolute atomic E-state index is 11.7. The Morgan fingerprint density at radius 3 is 2.94 bits per heavy atom. The van der Waals surface area contributed by atoms with Gasteiger partial charge < -0.3 is 10.1 Å². The summed E-state index contributed by atoms with van der Waals surface area (Å²) in [5.74, 6) is -1.03. The SMILES string of the molecule is Cc1cc(O)c(C(=O)Nc2nccs2)c(=O)[nH]1. The first-order valence-corrected chi connectivity index (χ1v) is 5.59. The minimum atomic E-state index is -0.682. The molecule has 0 spiro atoms. The van der Waals surface area contributed by atoms with E-state index in [9.17, 15) is 14.7 Å². The average Bonchev–Trinajstić information content (AvgIpc) is 2.68. The molecule has 17 heavy (non-hydrogen) atoms. The van der Waals surface area contributed by atoms with Crippen molar-refractivity contribution in [3.8, 4) is 5.75 Å². The highest BCUT2D eigenvalue weighted by Crippen LogP contribution is 2.16. The Balaban J connectivity index is 2.35. The lowest BCUT2D eigenvalue weighted by atomic mass is 10.2. The highest BCUT2D eigenvalue weighted by atomic mass is 32.1. The summed E-state index contributed by atoms with van der Waals surface area (Å²) in [6, 6.07) is 1.32. The summed E-state index contributed by atoms with van der Waals surface area (Å²) in [5, 5.41) is 14.1. The predicted molar refractivity (Wildman–Crippen MR) is 63.5 cm³/mol. The van der Waals surface area contributed by atoms with Gasteiger partial charge in [0.1, 0.15) is 11.3 Å². The third-order valence-electron chi connectivity index (χ3n) is 2.03. The molecule has 1 amide bonds. The van der Waals surface area contributed by atoms with Crippen molar-refractivity contribution in [2.75, 3.05) is 5.32 Å². The molecule has 0 aliphatic carbocycles. The van der Waals surface area contributed by atoms with Crippen LogP contribution in [0.25, 0.3) is 0 Å². The summed E-state index contributed by atoms with van der Waals surface area (Å²) in [4.78, 5) is 29.6. The van der Waals surface area contributed by atoms with E-state index in [0.29, 0.717) is 10.8 Å². The molecule has 6 nitrogen and oxygen atoms in total. The van der Waals surface area contributed by atoms with Crippen molar-refractivity contribution in [2.24, 2.45) is 0 Å². The minimum absolute atomic E-state index is 0.314. The number of aryl methyl sites for hydroxylation is 1. The molecule has 0 unspecified atom stereocenters. The quantitative estimate of drug-likeness (QED) is 0.744. The van der Waals surface area contributed by atoms with Crippen molar-refractivity contribution in [1.82, 2.24) is 9.97 Å². The van der Waals surface area contributed by atoms with Crippen molar-refractivity contribution in [1.29, 1.82) is 0 Å². The number of pyridine rings is 1. The maximum atomic E-state index is 11.7. The number of carbonyl (C=O) groups excluding carboxylic acids is 1. The van der Waals surface area contributed by atoms with Gasteiger partial charge in [-0.3, -0.25) is 14.9 Å². The Kier molecular flexibility index (Phi) is 2.92. The summed E-state index contributed by atoms with van der Waals surface area (Å²) in [6.07, 6.45) is 1.53. The summed E-state index contributed by atoms with van der Waals surface area (Å²) >= 11 is 1.22. The average molecular weight is 251 g/mol. The number of nitrogens with one attached hydrogen (secondary N) is 2. The molecule has 0 saturated heterocycles. The molecule has 3 N–H and O–H groups in total. The summed E-state index contributed by atoms with van der Waals surface area (Å²) in [6.45, 7) is 1.61. The number of carbonyl (C=O) groups is 1. The molecule has 2 aromatic heterocycles. The van der Waals surface area contributed by atoms with Crippen LogP contribution in [0.15, 0.2) is 22.4 Å². The van der Waals surface area contributed by atoms with Gasteiger partial charge in [-0.15, -0.1) is 11.3 Å². The number of thiazole rings is 1. The summed E-state index contributed by atoms with van der Waals surface area (Å²) < 4.78 is 0. The zero-order chi connectivity index (χ0) is 12.4. The van der Waals surface area contributed by atoms with E-state index in [0.717, 1.165) is 0 Å². The highest BCUT2D eigenvalue weighted by molar-refractivity contribution is 7.13. The molecule has 7 heteroatoms. The zero-order valence-electron chi connectivity index (χ0n) is 8.85. The molecule has 0 bridgehead atoms. The van der Waals surface area contributed by atoms with E-state index in [2.05, 4.69) is 15.3 Å². The number of anilines is 1. The first kappa shape index (κ1) is 11.3. The molecule has 2 aromatic rings. The van der Waals surface area contributed by atoms with Gasteiger partial charge >= 0.3 is 0 Å². The van der Waals surface area contributed by atoms with Gasteiger partial charge in [-0.25, -0.2) is 4.98 Å². The van der Waals surface area contributed by atoms with Gasteiger partial charge in [0, 0.05) is 17.3 Å². The van der Waals surface area contributed by atoms with Crippen LogP contribution in [0.3, 0.4) is 0 Å². The Morgan fingerprint density at radius 2 is 2.35 bits per heavy atom. The first-order chi connectivity index (χ1) is 8.08. The monoisotopic (exact) mass is 251 g/mol. The number of amides is 1. The molecule has 0 atom stereocenters. The predicted octanol–water partition coefficient (Wildman–Crippen LogP) is 1.10. The number of aromatic amines is 1.